The molecular weight excluding hydrogens is 400 g/mol. The number of hydrogen-bond donors (Lipinski definition) is 1. The van der Waals surface area contributed by atoms with Gasteiger partial charge in [0.2, 0.25) is 0 Å². The van der Waals surface area contributed by atoms with Gasteiger partial charge in [0, 0.05) is 0 Å². The molecule has 0 unspecified atom stereocenters. The molecule has 0 aliphatic rings. The summed E-state index contributed by atoms with van der Waals surface area (Å²) in [5.74, 6) is -1.26. The number of carboxylic acids is 1. The van der Waals surface area contributed by atoms with Gasteiger partial charge in [-0.25, -0.2) is 9.48 Å². The van der Waals surface area contributed by atoms with Crippen LogP contribution >= 0.6 is 39.1 Å². The van der Waals surface area contributed by atoms with Gasteiger partial charge in [-0.3, -0.25) is 0 Å². The van der Waals surface area contributed by atoms with Gasteiger partial charge in [-0.1, -0.05) is 23.2 Å². The second kappa shape index (κ2) is 5.51. The number of hydrogen-bond acceptors (Lipinski definition) is 2. The molecule has 0 spiro atoms. The zero-order valence-corrected chi connectivity index (χ0v) is 12.8. The van der Waals surface area contributed by atoms with Gasteiger partial charge in [0.25, 0.3) is 0 Å². The number of nitrogens with zero attached hydrogens (tertiary/aromatic N) is 2. The molecule has 112 valence electrons. The number of alkyl halides is 3. The summed E-state index contributed by atoms with van der Waals surface area (Å²) in [6.45, 7) is 0. The lowest BCUT2D eigenvalue weighted by molar-refractivity contribution is -0.137. The van der Waals surface area contributed by atoms with E-state index in [2.05, 4.69) is 21.0 Å². The fourth-order valence-electron chi connectivity index (χ4n) is 1.56. The van der Waals surface area contributed by atoms with E-state index in [4.69, 9.17) is 28.3 Å². The Morgan fingerprint density at radius 3 is 2.19 bits per heavy atom. The average Bonchev–Trinajstić information content (AvgIpc) is 2.69. The minimum atomic E-state index is -4.60. The Kier molecular flexibility index (Phi) is 4.23. The summed E-state index contributed by atoms with van der Waals surface area (Å²) < 4.78 is 39.0. The molecule has 10 heteroatoms. The highest BCUT2D eigenvalue weighted by Crippen LogP contribution is 2.38. The van der Waals surface area contributed by atoms with Gasteiger partial charge in [0.05, 0.1) is 21.8 Å². The van der Waals surface area contributed by atoms with Crippen LogP contribution in [0.25, 0.3) is 5.69 Å². The third kappa shape index (κ3) is 3.02. The van der Waals surface area contributed by atoms with Crippen LogP contribution in [0.15, 0.2) is 22.9 Å². The third-order valence-corrected chi connectivity index (χ3v) is 3.84. The molecule has 0 aliphatic heterocycles. The summed E-state index contributed by atoms with van der Waals surface area (Å²) in [6, 6.07) is 1.38. The lowest BCUT2D eigenvalue weighted by Gasteiger charge is -2.13. The molecule has 1 aromatic carbocycles. The first-order valence-electron chi connectivity index (χ1n) is 5.16. The summed E-state index contributed by atoms with van der Waals surface area (Å²) in [5, 5.41) is 12.1. The van der Waals surface area contributed by atoms with Crippen molar-refractivity contribution >= 4 is 45.1 Å². The standard InChI is InChI=1S/C11H4BrCl2F3N2O2/c12-9-5(10(20)21)3-18-19(9)8-6(13)1-4(2-7(8)14)11(15,16)17/h1-3H,(H,20,21). The van der Waals surface area contributed by atoms with Crippen molar-refractivity contribution in [1.29, 1.82) is 0 Å². The smallest absolute Gasteiger partial charge is 0.416 e. The number of benzene rings is 1. The van der Waals surface area contributed by atoms with Gasteiger partial charge in [0.15, 0.2) is 0 Å². The molecule has 0 fully saturated rings. The Bertz CT molecular complexity index is 708. The Labute approximate surface area is 134 Å². The maximum absolute atomic E-state index is 12.6. The van der Waals surface area contributed by atoms with Crippen LogP contribution in [0.2, 0.25) is 10.0 Å². The fourth-order valence-corrected chi connectivity index (χ4v) is 2.75. The van der Waals surface area contributed by atoms with E-state index in [0.29, 0.717) is 12.1 Å². The van der Waals surface area contributed by atoms with E-state index in [0.717, 1.165) is 10.9 Å². The summed E-state index contributed by atoms with van der Waals surface area (Å²) in [4.78, 5) is 10.9. The van der Waals surface area contributed by atoms with Crippen LogP contribution in [0.3, 0.4) is 0 Å². The number of halogens is 6. The van der Waals surface area contributed by atoms with E-state index in [-0.39, 0.29) is 25.9 Å². The summed E-state index contributed by atoms with van der Waals surface area (Å²) in [5.41, 5.74) is -1.24. The molecule has 0 atom stereocenters. The van der Waals surface area contributed by atoms with Crippen molar-refractivity contribution in [3.63, 3.8) is 0 Å². The SMILES string of the molecule is O=C(O)c1cnn(-c2c(Cl)cc(C(F)(F)F)cc2Cl)c1Br. The van der Waals surface area contributed by atoms with Crippen LogP contribution in [-0.2, 0) is 6.18 Å². The molecule has 1 aromatic heterocycles. The van der Waals surface area contributed by atoms with Gasteiger partial charge in [-0.15, -0.1) is 0 Å². The quantitative estimate of drug-likeness (QED) is 0.793. The van der Waals surface area contributed by atoms with Crippen LogP contribution in [0.5, 0.6) is 0 Å². The second-order valence-corrected chi connectivity index (χ2v) is 5.42. The van der Waals surface area contributed by atoms with Crippen molar-refractivity contribution in [2.24, 2.45) is 0 Å². The van der Waals surface area contributed by atoms with E-state index >= 15 is 0 Å². The zero-order chi connectivity index (χ0) is 15.9. The number of carbonyl (C=O) groups is 1. The van der Waals surface area contributed by atoms with Gasteiger partial charge < -0.3 is 5.11 Å². The van der Waals surface area contributed by atoms with Crippen molar-refractivity contribution in [2.75, 3.05) is 0 Å². The fraction of sp³-hybridized carbons (Fsp3) is 0.0909. The van der Waals surface area contributed by atoms with Gasteiger partial charge in [0.1, 0.15) is 15.9 Å². The predicted octanol–water partition coefficient (Wildman–Crippen LogP) is 4.66. The Balaban J connectivity index is 2.63. The van der Waals surface area contributed by atoms with Crippen LogP contribution in [0, 0.1) is 0 Å². The van der Waals surface area contributed by atoms with Crippen LogP contribution in [-0.4, -0.2) is 20.9 Å². The van der Waals surface area contributed by atoms with E-state index < -0.39 is 17.7 Å². The summed E-state index contributed by atoms with van der Waals surface area (Å²) >= 11 is 14.6. The zero-order valence-electron chi connectivity index (χ0n) is 9.75. The van der Waals surface area contributed by atoms with E-state index in [1.807, 2.05) is 0 Å². The minimum Gasteiger partial charge on any atom is -0.478 e. The van der Waals surface area contributed by atoms with Gasteiger partial charge >= 0.3 is 12.1 Å². The largest absolute Gasteiger partial charge is 0.478 e. The van der Waals surface area contributed by atoms with E-state index in [1.54, 1.807) is 0 Å². The molecule has 4 nitrogen and oxygen atoms in total. The van der Waals surface area contributed by atoms with Crippen molar-refractivity contribution < 1.29 is 23.1 Å². The maximum atomic E-state index is 12.6. The molecule has 21 heavy (non-hydrogen) atoms. The highest BCUT2D eigenvalue weighted by Gasteiger charge is 2.32. The molecule has 0 saturated carbocycles. The van der Waals surface area contributed by atoms with Crippen molar-refractivity contribution in [3.8, 4) is 5.69 Å². The highest BCUT2D eigenvalue weighted by molar-refractivity contribution is 9.10. The third-order valence-electron chi connectivity index (χ3n) is 2.50. The lowest BCUT2D eigenvalue weighted by atomic mass is 10.2. The molecular formula is C11H4BrCl2F3N2O2. The first-order chi connectivity index (χ1) is 9.62. The molecule has 0 bridgehead atoms. The highest BCUT2D eigenvalue weighted by atomic mass is 79.9. The number of carboxylic acid groups (broad SMARTS) is 1. The van der Waals surface area contributed by atoms with Crippen LogP contribution < -0.4 is 0 Å². The number of rotatable bonds is 2. The Hall–Kier alpha value is -1.25. The molecule has 2 aromatic rings. The first-order valence-corrected chi connectivity index (χ1v) is 6.71. The van der Waals surface area contributed by atoms with E-state index in [9.17, 15) is 18.0 Å². The molecule has 0 amide bonds. The maximum Gasteiger partial charge on any atom is 0.416 e. The van der Waals surface area contributed by atoms with Crippen molar-refractivity contribution in [2.45, 2.75) is 6.18 Å². The van der Waals surface area contributed by atoms with Crippen molar-refractivity contribution in [3.05, 3.63) is 44.1 Å². The summed E-state index contributed by atoms with van der Waals surface area (Å²) in [7, 11) is 0. The topological polar surface area (TPSA) is 55.1 Å². The van der Waals surface area contributed by atoms with Crippen molar-refractivity contribution in [1.82, 2.24) is 9.78 Å². The minimum absolute atomic E-state index is 0.0126. The van der Waals surface area contributed by atoms with Gasteiger partial charge in [-0.05, 0) is 28.1 Å². The van der Waals surface area contributed by atoms with Gasteiger partial charge in [-0.2, -0.15) is 18.3 Å². The lowest BCUT2D eigenvalue weighted by Crippen LogP contribution is -2.07. The van der Waals surface area contributed by atoms with Crippen LogP contribution in [0.1, 0.15) is 15.9 Å². The number of aromatic carboxylic acids is 1. The Morgan fingerprint density at radius 2 is 1.81 bits per heavy atom. The molecule has 1 heterocycles. The molecule has 0 aliphatic carbocycles. The normalized spacial score (nSPS) is 11.7. The summed E-state index contributed by atoms with van der Waals surface area (Å²) in [6.07, 6.45) is -3.57. The Morgan fingerprint density at radius 1 is 1.29 bits per heavy atom. The molecule has 1 N–H and O–H groups in total. The number of aromatic nitrogens is 2. The molecule has 0 saturated heterocycles. The predicted molar refractivity (Wildman–Crippen MR) is 73.2 cm³/mol. The first kappa shape index (κ1) is 16.1. The van der Waals surface area contributed by atoms with E-state index in [1.165, 1.54) is 0 Å². The van der Waals surface area contributed by atoms with Crippen LogP contribution in [0.4, 0.5) is 13.2 Å². The average molecular weight is 404 g/mol. The monoisotopic (exact) mass is 402 g/mol. The second-order valence-electron chi connectivity index (χ2n) is 3.85. The molecule has 0 radical (unpaired) electrons. The molecule has 2 rings (SSSR count).